The van der Waals surface area contributed by atoms with Gasteiger partial charge in [-0.3, -0.25) is 9.59 Å². The van der Waals surface area contributed by atoms with E-state index in [0.717, 1.165) is 37.8 Å². The van der Waals surface area contributed by atoms with Gasteiger partial charge in [0.15, 0.2) is 0 Å². The Balaban J connectivity index is 1.44. The lowest BCUT2D eigenvalue weighted by Crippen LogP contribution is -2.62. The number of halogens is 1. The van der Waals surface area contributed by atoms with E-state index in [0.29, 0.717) is 13.0 Å². The lowest BCUT2D eigenvalue weighted by Gasteiger charge is -2.47. The summed E-state index contributed by atoms with van der Waals surface area (Å²) in [5.74, 6) is -0.00726. The van der Waals surface area contributed by atoms with Crippen LogP contribution in [0.1, 0.15) is 34.0 Å². The number of rotatable bonds is 3. The highest BCUT2D eigenvalue weighted by Gasteiger charge is 2.48. The third kappa shape index (κ3) is 3.44. The normalized spacial score (nSPS) is 19.9. The van der Waals surface area contributed by atoms with E-state index in [2.05, 4.69) is 33.0 Å². The van der Waals surface area contributed by atoms with Crippen molar-refractivity contribution in [2.75, 3.05) is 6.54 Å². The molecule has 0 saturated carbocycles. The van der Waals surface area contributed by atoms with Crippen molar-refractivity contribution in [3.8, 4) is 0 Å². The summed E-state index contributed by atoms with van der Waals surface area (Å²) in [7, 11) is 0. The summed E-state index contributed by atoms with van der Waals surface area (Å²) in [6.07, 6.45) is 0.515. The van der Waals surface area contributed by atoms with E-state index in [9.17, 15) is 9.59 Å². The molecule has 6 heteroatoms. The lowest BCUT2D eigenvalue weighted by molar-refractivity contribution is -0.159. The Kier molecular flexibility index (Phi) is 5.06. The standard InChI is InChI=1S/C28H24BrN3O2/c1-17-6-8-18(9-7-17)15-31-16-25(33)32-24(28(31)34)14-22-21-4-2-3-5-23(21)30-26(22)27(32)19-10-12-20(29)13-11-19/h2-13,24,27,30H,14-16H2,1H3/t24-,27?/m0/s1. The summed E-state index contributed by atoms with van der Waals surface area (Å²) in [5, 5.41) is 1.12. The Hall–Kier alpha value is -3.38. The largest absolute Gasteiger partial charge is 0.356 e. The van der Waals surface area contributed by atoms with Crippen LogP contribution in [0.4, 0.5) is 0 Å². The number of aromatic nitrogens is 1. The van der Waals surface area contributed by atoms with Gasteiger partial charge in [0, 0.05) is 34.0 Å². The van der Waals surface area contributed by atoms with Gasteiger partial charge in [-0.25, -0.2) is 0 Å². The zero-order valence-corrected chi connectivity index (χ0v) is 20.4. The average molecular weight is 514 g/mol. The molecule has 2 aliphatic rings. The molecule has 6 rings (SSSR count). The highest BCUT2D eigenvalue weighted by Crippen LogP contribution is 2.42. The molecule has 1 unspecified atom stereocenters. The van der Waals surface area contributed by atoms with Gasteiger partial charge < -0.3 is 14.8 Å². The van der Waals surface area contributed by atoms with Gasteiger partial charge in [-0.1, -0.05) is 76.1 Å². The number of H-pyrrole nitrogens is 1. The molecule has 1 aromatic heterocycles. The van der Waals surface area contributed by atoms with E-state index in [4.69, 9.17) is 0 Å². The van der Waals surface area contributed by atoms with Crippen LogP contribution >= 0.6 is 15.9 Å². The molecule has 34 heavy (non-hydrogen) atoms. The average Bonchev–Trinajstić information content (AvgIpc) is 3.21. The second-order valence-corrected chi connectivity index (χ2v) is 10.1. The number of carbonyl (C=O) groups is 2. The summed E-state index contributed by atoms with van der Waals surface area (Å²) in [6, 6.07) is 23.5. The fourth-order valence-corrected chi connectivity index (χ4v) is 5.63. The molecule has 2 atom stereocenters. The number of fused-ring (bicyclic) bond motifs is 4. The van der Waals surface area contributed by atoms with Crippen molar-refractivity contribution in [3.63, 3.8) is 0 Å². The van der Waals surface area contributed by atoms with Crippen LogP contribution in [0.2, 0.25) is 0 Å². The van der Waals surface area contributed by atoms with Gasteiger partial charge in [0.25, 0.3) is 0 Å². The van der Waals surface area contributed by atoms with E-state index in [1.807, 2.05) is 72.5 Å². The van der Waals surface area contributed by atoms with Crippen LogP contribution in [-0.4, -0.2) is 39.2 Å². The summed E-state index contributed by atoms with van der Waals surface area (Å²) in [6.45, 7) is 2.57. The van der Waals surface area contributed by atoms with Crippen LogP contribution in [0.3, 0.4) is 0 Å². The summed E-state index contributed by atoms with van der Waals surface area (Å²) >= 11 is 3.51. The van der Waals surface area contributed by atoms with Gasteiger partial charge in [-0.2, -0.15) is 0 Å². The van der Waals surface area contributed by atoms with Crippen molar-refractivity contribution >= 4 is 38.6 Å². The molecular formula is C28H24BrN3O2. The highest BCUT2D eigenvalue weighted by atomic mass is 79.9. The van der Waals surface area contributed by atoms with Crippen LogP contribution < -0.4 is 0 Å². The number of nitrogens with one attached hydrogen (secondary N) is 1. The maximum Gasteiger partial charge on any atom is 0.246 e. The minimum absolute atomic E-state index is 0.0122. The first-order chi connectivity index (χ1) is 16.5. The number of aryl methyl sites for hydroxylation is 1. The molecule has 0 bridgehead atoms. The van der Waals surface area contributed by atoms with E-state index in [1.54, 1.807) is 4.90 Å². The molecule has 0 radical (unpaired) electrons. The quantitative estimate of drug-likeness (QED) is 0.413. The Bertz CT molecular complexity index is 1410. The Morgan fingerprint density at radius 2 is 1.71 bits per heavy atom. The number of amides is 2. The van der Waals surface area contributed by atoms with Crippen molar-refractivity contribution in [2.24, 2.45) is 0 Å². The Labute approximate surface area is 206 Å². The van der Waals surface area contributed by atoms with Crippen molar-refractivity contribution in [3.05, 3.63) is 105 Å². The molecule has 3 heterocycles. The molecule has 4 aromatic rings. The first-order valence-electron chi connectivity index (χ1n) is 11.5. The molecule has 0 aliphatic carbocycles. The van der Waals surface area contributed by atoms with E-state index < -0.39 is 6.04 Å². The number of para-hydroxylation sites is 1. The van der Waals surface area contributed by atoms with Gasteiger partial charge >= 0.3 is 0 Å². The van der Waals surface area contributed by atoms with E-state index >= 15 is 0 Å². The molecule has 170 valence electrons. The predicted molar refractivity (Wildman–Crippen MR) is 135 cm³/mol. The van der Waals surface area contributed by atoms with Crippen molar-refractivity contribution < 1.29 is 9.59 Å². The fourth-order valence-electron chi connectivity index (χ4n) is 5.36. The Morgan fingerprint density at radius 3 is 2.47 bits per heavy atom. The number of aromatic amines is 1. The number of benzene rings is 3. The molecule has 2 aliphatic heterocycles. The van der Waals surface area contributed by atoms with Crippen molar-refractivity contribution in [2.45, 2.75) is 32.0 Å². The molecule has 3 aromatic carbocycles. The van der Waals surface area contributed by atoms with Gasteiger partial charge in [-0.05, 0) is 41.8 Å². The first-order valence-corrected chi connectivity index (χ1v) is 12.3. The smallest absolute Gasteiger partial charge is 0.246 e. The summed E-state index contributed by atoms with van der Waals surface area (Å²) < 4.78 is 0.978. The van der Waals surface area contributed by atoms with Gasteiger partial charge in [0.1, 0.15) is 12.6 Å². The lowest BCUT2D eigenvalue weighted by atomic mass is 9.86. The SMILES string of the molecule is Cc1ccc(CN2CC(=O)N3C(c4ccc(Br)cc4)c4[nH]c5ccccc5c4C[C@H]3C2=O)cc1. The number of nitrogens with zero attached hydrogens (tertiary/aromatic N) is 2. The topological polar surface area (TPSA) is 56.4 Å². The van der Waals surface area contributed by atoms with Crippen molar-refractivity contribution in [1.29, 1.82) is 0 Å². The maximum absolute atomic E-state index is 13.8. The maximum atomic E-state index is 13.8. The zero-order chi connectivity index (χ0) is 23.4. The highest BCUT2D eigenvalue weighted by molar-refractivity contribution is 9.10. The molecular weight excluding hydrogens is 490 g/mol. The molecule has 1 N–H and O–H groups in total. The van der Waals surface area contributed by atoms with Crippen LogP contribution in [0.5, 0.6) is 0 Å². The molecule has 2 amide bonds. The van der Waals surface area contributed by atoms with Gasteiger partial charge in [-0.15, -0.1) is 0 Å². The minimum atomic E-state index is -0.521. The van der Waals surface area contributed by atoms with E-state index in [-0.39, 0.29) is 24.4 Å². The molecule has 1 fully saturated rings. The number of hydrogen-bond acceptors (Lipinski definition) is 2. The first kappa shape index (κ1) is 21.2. The third-order valence-electron chi connectivity index (χ3n) is 7.02. The van der Waals surface area contributed by atoms with Crippen LogP contribution in [0.15, 0.2) is 77.3 Å². The minimum Gasteiger partial charge on any atom is -0.356 e. The van der Waals surface area contributed by atoms with E-state index in [1.165, 1.54) is 5.56 Å². The monoisotopic (exact) mass is 513 g/mol. The van der Waals surface area contributed by atoms with Crippen LogP contribution in [-0.2, 0) is 22.6 Å². The zero-order valence-electron chi connectivity index (χ0n) is 18.8. The fraction of sp³-hybridized carbons (Fsp3) is 0.214. The second-order valence-electron chi connectivity index (χ2n) is 9.22. The number of piperazine rings is 1. The predicted octanol–water partition coefficient (Wildman–Crippen LogP) is 5.12. The van der Waals surface area contributed by atoms with Crippen LogP contribution in [0.25, 0.3) is 10.9 Å². The number of hydrogen-bond donors (Lipinski definition) is 1. The molecule has 1 saturated heterocycles. The number of carbonyl (C=O) groups excluding carboxylic acids is 2. The molecule has 0 spiro atoms. The van der Waals surface area contributed by atoms with Gasteiger partial charge in [0.2, 0.25) is 11.8 Å². The second kappa shape index (κ2) is 8.13. The van der Waals surface area contributed by atoms with Gasteiger partial charge in [0.05, 0.1) is 6.04 Å². The molecule has 5 nitrogen and oxygen atoms in total. The third-order valence-corrected chi connectivity index (χ3v) is 7.55. The summed E-state index contributed by atoms with van der Waals surface area (Å²) in [5.41, 5.74) is 6.37. The van der Waals surface area contributed by atoms with Crippen molar-refractivity contribution in [1.82, 2.24) is 14.8 Å². The van der Waals surface area contributed by atoms with Crippen LogP contribution in [0, 0.1) is 6.92 Å². The summed E-state index contributed by atoms with van der Waals surface area (Å²) in [4.78, 5) is 34.5. The Morgan fingerprint density at radius 1 is 0.971 bits per heavy atom.